The maximum Gasteiger partial charge on any atom is 0.416 e. The van der Waals surface area contributed by atoms with E-state index in [1.807, 2.05) is 16.8 Å². The Morgan fingerprint density at radius 1 is 1.15 bits per heavy atom. The Hall–Kier alpha value is -3.18. The van der Waals surface area contributed by atoms with Gasteiger partial charge in [-0.25, -0.2) is 15.0 Å². The number of halogens is 3. The van der Waals surface area contributed by atoms with Gasteiger partial charge < -0.3 is 25.3 Å². The summed E-state index contributed by atoms with van der Waals surface area (Å²) in [7, 11) is 2.17. The number of aromatic nitrogens is 5. The fourth-order valence-electron chi connectivity index (χ4n) is 6.63. The number of hydrogen-bond donors (Lipinski definition) is 3. The third kappa shape index (κ3) is 4.98. The molecule has 1 aromatic carbocycles. The summed E-state index contributed by atoms with van der Waals surface area (Å²) in [5.41, 5.74) is 7.35. The minimum absolute atomic E-state index is 0.0239. The Labute approximate surface area is 224 Å². The van der Waals surface area contributed by atoms with E-state index in [0.717, 1.165) is 61.9 Å². The summed E-state index contributed by atoms with van der Waals surface area (Å²) in [6.07, 6.45) is 4.16. The van der Waals surface area contributed by atoms with E-state index in [0.29, 0.717) is 34.7 Å². The van der Waals surface area contributed by atoms with Crippen LogP contribution in [0.2, 0.25) is 0 Å². The second-order valence-electron chi connectivity index (χ2n) is 11.5. The molecule has 2 saturated carbocycles. The summed E-state index contributed by atoms with van der Waals surface area (Å²) in [6.45, 7) is 2.41. The van der Waals surface area contributed by atoms with Crippen LogP contribution in [0.25, 0.3) is 22.1 Å². The molecule has 6 rings (SSSR count). The van der Waals surface area contributed by atoms with Crippen molar-refractivity contribution in [1.82, 2.24) is 29.4 Å². The summed E-state index contributed by atoms with van der Waals surface area (Å²) in [5, 5.41) is 11.7. The van der Waals surface area contributed by atoms with Crippen molar-refractivity contribution in [3.63, 3.8) is 0 Å². The highest BCUT2D eigenvalue weighted by Gasteiger charge is 2.38. The van der Waals surface area contributed by atoms with Crippen LogP contribution < -0.4 is 5.73 Å². The minimum atomic E-state index is -4.37. The fraction of sp³-hybridized carbons (Fsp3) is 0.536. The van der Waals surface area contributed by atoms with Crippen molar-refractivity contribution in [3.8, 4) is 0 Å². The Balaban J connectivity index is 0.998. The van der Waals surface area contributed by atoms with Crippen LogP contribution in [-0.2, 0) is 12.6 Å². The number of rotatable bonds is 7. The van der Waals surface area contributed by atoms with Gasteiger partial charge in [-0.3, -0.25) is 0 Å². The predicted molar refractivity (Wildman–Crippen MR) is 143 cm³/mol. The molecule has 0 saturated heterocycles. The van der Waals surface area contributed by atoms with Gasteiger partial charge in [0.15, 0.2) is 0 Å². The van der Waals surface area contributed by atoms with Gasteiger partial charge in [-0.15, -0.1) is 0 Å². The molecule has 0 unspecified atom stereocenters. The molecule has 8 nitrogen and oxygen atoms in total. The molecule has 0 radical (unpaired) electrons. The van der Waals surface area contributed by atoms with E-state index >= 15 is 0 Å². The molecule has 0 amide bonds. The Morgan fingerprint density at radius 3 is 2.72 bits per heavy atom. The largest absolute Gasteiger partial charge is 0.416 e. The van der Waals surface area contributed by atoms with Crippen molar-refractivity contribution in [2.24, 2.45) is 11.8 Å². The van der Waals surface area contributed by atoms with Crippen molar-refractivity contribution >= 4 is 27.9 Å². The molecule has 3 aromatic heterocycles. The van der Waals surface area contributed by atoms with Gasteiger partial charge in [0.05, 0.1) is 34.1 Å². The number of nitrogens with two attached hydrogens (primary N) is 1. The van der Waals surface area contributed by atoms with E-state index < -0.39 is 17.8 Å². The van der Waals surface area contributed by atoms with E-state index in [1.54, 1.807) is 0 Å². The van der Waals surface area contributed by atoms with Gasteiger partial charge in [0.25, 0.3) is 0 Å². The number of aromatic amines is 1. The van der Waals surface area contributed by atoms with Crippen LogP contribution >= 0.6 is 0 Å². The molecule has 2 fully saturated rings. The topological polar surface area (TPSA) is 109 Å². The van der Waals surface area contributed by atoms with E-state index in [-0.39, 0.29) is 11.6 Å². The fourth-order valence-corrected chi connectivity index (χ4v) is 6.63. The van der Waals surface area contributed by atoms with Gasteiger partial charge >= 0.3 is 6.18 Å². The van der Waals surface area contributed by atoms with Gasteiger partial charge in [0, 0.05) is 25.2 Å². The van der Waals surface area contributed by atoms with E-state index in [4.69, 9.17) is 5.73 Å². The number of benzene rings is 1. The van der Waals surface area contributed by atoms with Gasteiger partial charge in [-0.05, 0) is 81.7 Å². The Bertz CT molecular complexity index is 1490. The van der Waals surface area contributed by atoms with Crippen LogP contribution in [0.1, 0.15) is 55.1 Å². The first-order valence-corrected chi connectivity index (χ1v) is 13.6. The van der Waals surface area contributed by atoms with Crippen molar-refractivity contribution < 1.29 is 18.3 Å². The molecule has 4 N–H and O–H groups in total. The second-order valence-corrected chi connectivity index (χ2v) is 11.5. The third-order valence-electron chi connectivity index (χ3n) is 8.84. The molecule has 4 aromatic rings. The van der Waals surface area contributed by atoms with Crippen LogP contribution in [-0.4, -0.2) is 60.2 Å². The standard InChI is InChI=1S/C28H34F3N7O/c1-15-7-21-22(12-20(15)28(29,30)31)36-25(35-21)4-3-16-8-18(9-16)37(2)13-17-10-23(24(39)11-17)38-6-5-19-26(32)33-14-34-27(19)38/h5-7,12,14,16-18,23-24,39H,3-4,8-11,13H2,1-2H3,(H,35,36)(H2,32,33,34)/t16-,17-,18-,23+,24+/m0/s1. The number of H-pyrrole nitrogens is 1. The smallest absolute Gasteiger partial charge is 0.391 e. The molecule has 39 heavy (non-hydrogen) atoms. The van der Waals surface area contributed by atoms with Crippen molar-refractivity contribution in [2.45, 2.75) is 69.8 Å². The number of alkyl halides is 3. The van der Waals surface area contributed by atoms with Crippen LogP contribution in [0.4, 0.5) is 19.0 Å². The highest BCUT2D eigenvalue weighted by molar-refractivity contribution is 5.86. The number of aryl methyl sites for hydroxylation is 2. The summed E-state index contributed by atoms with van der Waals surface area (Å²) in [6, 6.07) is 5.08. The van der Waals surface area contributed by atoms with Crippen LogP contribution in [0.15, 0.2) is 30.7 Å². The molecule has 2 aliphatic carbocycles. The van der Waals surface area contributed by atoms with E-state index in [2.05, 4.69) is 31.9 Å². The highest BCUT2D eigenvalue weighted by atomic mass is 19.4. The Morgan fingerprint density at radius 2 is 1.95 bits per heavy atom. The first-order valence-electron chi connectivity index (χ1n) is 13.6. The monoisotopic (exact) mass is 541 g/mol. The van der Waals surface area contributed by atoms with Crippen LogP contribution in [0.3, 0.4) is 0 Å². The van der Waals surface area contributed by atoms with E-state index in [1.165, 1.54) is 25.4 Å². The molecule has 2 aliphatic rings. The minimum Gasteiger partial charge on any atom is -0.391 e. The van der Waals surface area contributed by atoms with Gasteiger partial charge in [0.1, 0.15) is 23.6 Å². The molecule has 0 spiro atoms. The average Bonchev–Trinajstić information content (AvgIpc) is 3.53. The lowest BCUT2D eigenvalue weighted by Crippen LogP contribution is -2.44. The highest BCUT2D eigenvalue weighted by Crippen LogP contribution is 2.40. The summed E-state index contributed by atoms with van der Waals surface area (Å²) in [5.74, 6) is 2.17. The zero-order valence-corrected chi connectivity index (χ0v) is 22.1. The number of hydrogen-bond acceptors (Lipinski definition) is 6. The summed E-state index contributed by atoms with van der Waals surface area (Å²) < 4.78 is 41.7. The number of aliphatic hydroxyl groups is 1. The zero-order chi connectivity index (χ0) is 27.5. The number of nitrogen functional groups attached to an aromatic ring is 1. The second kappa shape index (κ2) is 9.78. The molecule has 11 heteroatoms. The number of fused-ring (bicyclic) bond motifs is 2. The summed E-state index contributed by atoms with van der Waals surface area (Å²) in [4.78, 5) is 18.5. The maximum absolute atomic E-state index is 13.2. The van der Waals surface area contributed by atoms with Crippen molar-refractivity contribution in [3.05, 3.63) is 47.7 Å². The van der Waals surface area contributed by atoms with Gasteiger partial charge in [0.2, 0.25) is 0 Å². The third-order valence-corrected chi connectivity index (χ3v) is 8.84. The number of anilines is 1. The zero-order valence-electron chi connectivity index (χ0n) is 22.1. The normalized spacial score (nSPS) is 25.7. The van der Waals surface area contributed by atoms with E-state index in [9.17, 15) is 18.3 Å². The van der Waals surface area contributed by atoms with Crippen LogP contribution in [0.5, 0.6) is 0 Å². The lowest BCUT2D eigenvalue weighted by atomic mass is 9.76. The number of aliphatic hydroxyl groups excluding tert-OH is 1. The molecule has 0 bridgehead atoms. The van der Waals surface area contributed by atoms with Gasteiger partial charge in [-0.2, -0.15) is 13.2 Å². The quantitative estimate of drug-likeness (QED) is 0.308. The lowest BCUT2D eigenvalue weighted by molar-refractivity contribution is -0.137. The predicted octanol–water partition coefficient (Wildman–Crippen LogP) is 4.87. The summed E-state index contributed by atoms with van der Waals surface area (Å²) >= 11 is 0. The molecular weight excluding hydrogens is 507 g/mol. The van der Waals surface area contributed by atoms with Crippen LogP contribution in [0, 0.1) is 18.8 Å². The van der Waals surface area contributed by atoms with Gasteiger partial charge in [-0.1, -0.05) is 0 Å². The lowest BCUT2D eigenvalue weighted by Gasteiger charge is -2.42. The van der Waals surface area contributed by atoms with Crippen molar-refractivity contribution in [2.75, 3.05) is 19.3 Å². The Kier molecular flexibility index (Phi) is 6.53. The first kappa shape index (κ1) is 26.1. The van der Waals surface area contributed by atoms with Crippen molar-refractivity contribution in [1.29, 1.82) is 0 Å². The average molecular weight is 542 g/mol. The number of imidazole rings is 1. The maximum atomic E-state index is 13.2. The SMILES string of the molecule is Cc1cc2nc(CC[C@H]3C[C@H](N(C)C[C@@H]4C[C@@H](O)[C@H](n5ccc6c(N)ncnc65)C4)C3)[nH]c2cc1C(F)(F)F. The molecule has 0 aliphatic heterocycles. The molecular formula is C28H34F3N7O. The first-order chi connectivity index (χ1) is 18.6. The molecule has 3 atom stereocenters. The number of nitrogens with one attached hydrogen (secondary N) is 1. The molecule has 3 heterocycles. The molecule has 208 valence electrons. The number of nitrogens with zero attached hydrogens (tertiary/aromatic N) is 5.